The van der Waals surface area contributed by atoms with E-state index in [1.807, 2.05) is 13.0 Å². The van der Waals surface area contributed by atoms with Crippen molar-refractivity contribution in [3.8, 4) is 0 Å². The highest BCUT2D eigenvalue weighted by Gasteiger charge is 2.00. The van der Waals surface area contributed by atoms with E-state index >= 15 is 0 Å². The number of hydrogen-bond acceptors (Lipinski definition) is 1. The first-order chi connectivity index (χ1) is 8.65. The van der Waals surface area contributed by atoms with Crippen LogP contribution in [-0.2, 0) is 13.1 Å². The third-order valence-corrected chi connectivity index (χ3v) is 3.04. The minimum Gasteiger partial charge on any atom is -0.309 e. The quantitative estimate of drug-likeness (QED) is 0.862. The van der Waals surface area contributed by atoms with Crippen molar-refractivity contribution in [2.45, 2.75) is 26.9 Å². The molecule has 2 heteroatoms. The van der Waals surface area contributed by atoms with E-state index < -0.39 is 0 Å². The van der Waals surface area contributed by atoms with E-state index in [0.717, 1.165) is 17.7 Å². The van der Waals surface area contributed by atoms with Crippen LogP contribution in [0.25, 0.3) is 0 Å². The molecule has 2 aromatic carbocycles. The standard InChI is InChI=1S/C16H18FN/c1-12-4-3-5-14(8-12)10-18-11-15-9-16(17)7-6-13(15)2/h3-9,18H,10-11H2,1-2H3. The van der Waals surface area contributed by atoms with Gasteiger partial charge >= 0.3 is 0 Å². The van der Waals surface area contributed by atoms with E-state index in [2.05, 4.69) is 36.5 Å². The van der Waals surface area contributed by atoms with Crippen LogP contribution in [0.1, 0.15) is 22.3 Å². The predicted molar refractivity (Wildman–Crippen MR) is 72.9 cm³/mol. The van der Waals surface area contributed by atoms with Gasteiger partial charge < -0.3 is 5.32 Å². The average molecular weight is 243 g/mol. The Morgan fingerprint density at radius 1 is 1.00 bits per heavy atom. The molecule has 0 saturated heterocycles. The number of halogens is 1. The molecule has 2 rings (SSSR count). The first-order valence-corrected chi connectivity index (χ1v) is 6.16. The van der Waals surface area contributed by atoms with Crippen molar-refractivity contribution < 1.29 is 4.39 Å². The zero-order valence-electron chi connectivity index (χ0n) is 10.8. The van der Waals surface area contributed by atoms with E-state index in [-0.39, 0.29) is 5.82 Å². The van der Waals surface area contributed by atoms with Gasteiger partial charge in [-0.1, -0.05) is 35.9 Å². The summed E-state index contributed by atoms with van der Waals surface area (Å²) >= 11 is 0. The summed E-state index contributed by atoms with van der Waals surface area (Å²) in [7, 11) is 0. The molecule has 0 amide bonds. The summed E-state index contributed by atoms with van der Waals surface area (Å²) in [5.74, 6) is -0.173. The Morgan fingerprint density at radius 3 is 2.61 bits per heavy atom. The molecule has 0 aliphatic heterocycles. The Balaban J connectivity index is 1.94. The third-order valence-electron chi connectivity index (χ3n) is 3.04. The van der Waals surface area contributed by atoms with Gasteiger partial charge in [0.1, 0.15) is 5.82 Å². The van der Waals surface area contributed by atoms with Crippen LogP contribution in [0.2, 0.25) is 0 Å². The van der Waals surface area contributed by atoms with Gasteiger partial charge in [-0.3, -0.25) is 0 Å². The van der Waals surface area contributed by atoms with Crippen molar-refractivity contribution in [2.75, 3.05) is 0 Å². The molecule has 94 valence electrons. The monoisotopic (exact) mass is 243 g/mol. The van der Waals surface area contributed by atoms with Gasteiger partial charge in [0.15, 0.2) is 0 Å². The molecule has 0 atom stereocenters. The number of hydrogen-bond donors (Lipinski definition) is 1. The normalized spacial score (nSPS) is 10.6. The molecular formula is C16H18FN. The zero-order valence-corrected chi connectivity index (χ0v) is 10.8. The van der Waals surface area contributed by atoms with E-state index in [4.69, 9.17) is 0 Å². The summed E-state index contributed by atoms with van der Waals surface area (Å²) in [6, 6.07) is 13.3. The van der Waals surface area contributed by atoms with Gasteiger partial charge in [0.2, 0.25) is 0 Å². The lowest BCUT2D eigenvalue weighted by atomic mass is 10.1. The van der Waals surface area contributed by atoms with Crippen molar-refractivity contribution in [3.05, 3.63) is 70.5 Å². The molecular weight excluding hydrogens is 225 g/mol. The maximum atomic E-state index is 13.1. The van der Waals surface area contributed by atoms with E-state index in [0.29, 0.717) is 6.54 Å². The molecule has 18 heavy (non-hydrogen) atoms. The second-order valence-corrected chi connectivity index (χ2v) is 4.66. The maximum absolute atomic E-state index is 13.1. The largest absolute Gasteiger partial charge is 0.309 e. The van der Waals surface area contributed by atoms with Crippen LogP contribution in [-0.4, -0.2) is 0 Å². The van der Waals surface area contributed by atoms with Crippen molar-refractivity contribution >= 4 is 0 Å². The van der Waals surface area contributed by atoms with Crippen molar-refractivity contribution in [1.29, 1.82) is 0 Å². The molecule has 0 saturated carbocycles. The van der Waals surface area contributed by atoms with Crippen LogP contribution in [0.4, 0.5) is 4.39 Å². The lowest BCUT2D eigenvalue weighted by Gasteiger charge is -2.08. The Labute approximate surface area is 108 Å². The Morgan fingerprint density at radius 2 is 1.83 bits per heavy atom. The summed E-state index contributed by atoms with van der Waals surface area (Å²) in [6.07, 6.45) is 0. The van der Waals surface area contributed by atoms with Gasteiger partial charge in [-0.2, -0.15) is 0 Å². The van der Waals surface area contributed by atoms with Crippen molar-refractivity contribution in [1.82, 2.24) is 5.32 Å². The average Bonchev–Trinajstić information content (AvgIpc) is 2.34. The number of rotatable bonds is 4. The summed E-state index contributed by atoms with van der Waals surface area (Å²) in [5, 5.41) is 3.35. The summed E-state index contributed by atoms with van der Waals surface area (Å²) < 4.78 is 13.1. The van der Waals surface area contributed by atoms with Crippen LogP contribution in [0.15, 0.2) is 42.5 Å². The summed E-state index contributed by atoms with van der Waals surface area (Å²) in [6.45, 7) is 5.58. The molecule has 0 heterocycles. The summed E-state index contributed by atoms with van der Waals surface area (Å²) in [4.78, 5) is 0. The molecule has 2 aromatic rings. The van der Waals surface area contributed by atoms with E-state index in [9.17, 15) is 4.39 Å². The van der Waals surface area contributed by atoms with Crippen molar-refractivity contribution in [3.63, 3.8) is 0 Å². The van der Waals surface area contributed by atoms with Gasteiger partial charge in [-0.15, -0.1) is 0 Å². The molecule has 0 spiro atoms. The molecule has 0 aliphatic rings. The van der Waals surface area contributed by atoms with E-state index in [1.165, 1.54) is 17.2 Å². The third kappa shape index (κ3) is 3.41. The molecule has 0 aromatic heterocycles. The minimum atomic E-state index is -0.173. The van der Waals surface area contributed by atoms with Gasteiger partial charge in [0, 0.05) is 13.1 Å². The second kappa shape index (κ2) is 5.78. The topological polar surface area (TPSA) is 12.0 Å². The van der Waals surface area contributed by atoms with Gasteiger partial charge in [-0.25, -0.2) is 4.39 Å². The minimum absolute atomic E-state index is 0.173. The van der Waals surface area contributed by atoms with Crippen molar-refractivity contribution in [2.24, 2.45) is 0 Å². The molecule has 0 fully saturated rings. The lowest BCUT2D eigenvalue weighted by Crippen LogP contribution is -2.13. The highest BCUT2D eigenvalue weighted by atomic mass is 19.1. The van der Waals surface area contributed by atoms with Crippen LogP contribution in [0.3, 0.4) is 0 Å². The zero-order chi connectivity index (χ0) is 13.0. The molecule has 0 unspecified atom stereocenters. The Bertz CT molecular complexity index is 534. The molecule has 0 radical (unpaired) electrons. The van der Waals surface area contributed by atoms with E-state index in [1.54, 1.807) is 6.07 Å². The van der Waals surface area contributed by atoms with Crippen LogP contribution >= 0.6 is 0 Å². The Kier molecular flexibility index (Phi) is 4.11. The van der Waals surface area contributed by atoms with Crippen LogP contribution in [0.5, 0.6) is 0 Å². The number of aryl methyl sites for hydroxylation is 2. The maximum Gasteiger partial charge on any atom is 0.123 e. The fourth-order valence-corrected chi connectivity index (χ4v) is 1.99. The lowest BCUT2D eigenvalue weighted by molar-refractivity contribution is 0.619. The second-order valence-electron chi connectivity index (χ2n) is 4.66. The molecule has 0 aliphatic carbocycles. The first-order valence-electron chi connectivity index (χ1n) is 6.16. The first kappa shape index (κ1) is 12.8. The van der Waals surface area contributed by atoms with Gasteiger partial charge in [-0.05, 0) is 42.7 Å². The Hall–Kier alpha value is -1.67. The highest BCUT2D eigenvalue weighted by Crippen LogP contribution is 2.10. The molecule has 1 nitrogen and oxygen atoms in total. The van der Waals surface area contributed by atoms with Crippen LogP contribution < -0.4 is 5.32 Å². The fraction of sp³-hybridized carbons (Fsp3) is 0.250. The number of benzene rings is 2. The smallest absolute Gasteiger partial charge is 0.123 e. The predicted octanol–water partition coefficient (Wildman–Crippen LogP) is 3.73. The molecule has 1 N–H and O–H groups in total. The number of nitrogens with one attached hydrogen (secondary N) is 1. The molecule has 0 bridgehead atoms. The van der Waals surface area contributed by atoms with Gasteiger partial charge in [0.25, 0.3) is 0 Å². The highest BCUT2D eigenvalue weighted by molar-refractivity contribution is 5.27. The fourth-order valence-electron chi connectivity index (χ4n) is 1.99. The van der Waals surface area contributed by atoms with Crippen LogP contribution in [0, 0.1) is 19.7 Å². The summed E-state index contributed by atoms with van der Waals surface area (Å²) in [5.41, 5.74) is 4.65. The SMILES string of the molecule is Cc1cccc(CNCc2cc(F)ccc2C)c1. The van der Waals surface area contributed by atoms with Gasteiger partial charge in [0.05, 0.1) is 0 Å².